The first-order valence-electron chi connectivity index (χ1n) is 9.18. The van der Waals surface area contributed by atoms with Crippen LogP contribution in [0.3, 0.4) is 0 Å². The summed E-state index contributed by atoms with van der Waals surface area (Å²) in [5.41, 5.74) is 3.92. The van der Waals surface area contributed by atoms with E-state index >= 15 is 0 Å². The second kappa shape index (κ2) is 7.30. The van der Waals surface area contributed by atoms with Crippen molar-refractivity contribution in [1.29, 1.82) is 0 Å². The van der Waals surface area contributed by atoms with E-state index < -0.39 is 0 Å². The highest BCUT2D eigenvalue weighted by Crippen LogP contribution is 2.18. The molecule has 0 bridgehead atoms. The normalized spacial score (nSPS) is 17.0. The van der Waals surface area contributed by atoms with Crippen LogP contribution in [0.2, 0.25) is 0 Å². The van der Waals surface area contributed by atoms with E-state index in [-0.39, 0.29) is 17.9 Å². The molecule has 5 heteroatoms. The molecule has 2 N–H and O–H groups in total. The van der Waals surface area contributed by atoms with E-state index in [1.807, 2.05) is 53.4 Å². The molecule has 0 aromatic heterocycles. The molecule has 26 heavy (non-hydrogen) atoms. The molecule has 1 saturated heterocycles. The van der Waals surface area contributed by atoms with Crippen LogP contribution in [0, 0.1) is 0 Å². The van der Waals surface area contributed by atoms with Crippen LogP contribution in [0.1, 0.15) is 44.7 Å². The molecular weight excluding hydrogens is 326 g/mol. The molecule has 1 fully saturated rings. The van der Waals surface area contributed by atoms with Gasteiger partial charge in [-0.1, -0.05) is 24.3 Å². The van der Waals surface area contributed by atoms with Gasteiger partial charge in [-0.25, -0.2) is 0 Å². The monoisotopic (exact) mass is 349 g/mol. The molecule has 0 spiro atoms. The van der Waals surface area contributed by atoms with Gasteiger partial charge in [-0.05, 0) is 48.2 Å². The number of hydrogen-bond acceptors (Lipinski definition) is 3. The topological polar surface area (TPSA) is 61.4 Å². The molecule has 4 rings (SSSR count). The average molecular weight is 349 g/mol. The third-order valence-electron chi connectivity index (χ3n) is 5.24. The van der Waals surface area contributed by atoms with Gasteiger partial charge in [0.1, 0.15) is 0 Å². The lowest BCUT2D eigenvalue weighted by Gasteiger charge is -2.32. The first kappa shape index (κ1) is 16.8. The fraction of sp³-hybridized carbons (Fsp3) is 0.333. The highest BCUT2D eigenvalue weighted by Gasteiger charge is 2.25. The molecule has 0 radical (unpaired) electrons. The molecule has 134 valence electrons. The molecule has 2 amide bonds. The Morgan fingerprint density at radius 1 is 0.923 bits per heavy atom. The second-order valence-electron chi connectivity index (χ2n) is 6.99. The van der Waals surface area contributed by atoms with Crippen molar-refractivity contribution in [2.24, 2.45) is 0 Å². The number of carbonyl (C=O) groups is 2. The zero-order chi connectivity index (χ0) is 17.9. The summed E-state index contributed by atoms with van der Waals surface area (Å²) >= 11 is 0. The van der Waals surface area contributed by atoms with Crippen molar-refractivity contribution in [3.8, 4) is 0 Å². The third-order valence-corrected chi connectivity index (χ3v) is 5.24. The van der Waals surface area contributed by atoms with Crippen LogP contribution in [-0.2, 0) is 13.1 Å². The standard InChI is InChI=1S/C21H23N3O2/c25-20(16-6-7-17-13-22-14-18(17)12-16)23-19-8-10-24(11-9-19)21(26)15-4-2-1-3-5-15/h1-7,12,19,22H,8-11,13-14H2,(H,23,25). The molecule has 2 aliphatic heterocycles. The predicted molar refractivity (Wildman–Crippen MR) is 99.8 cm³/mol. The number of hydrogen-bond donors (Lipinski definition) is 2. The largest absolute Gasteiger partial charge is 0.349 e. The number of piperidine rings is 1. The lowest BCUT2D eigenvalue weighted by Crippen LogP contribution is -2.46. The summed E-state index contributed by atoms with van der Waals surface area (Å²) in [6, 6.07) is 15.4. The minimum atomic E-state index is -0.0208. The van der Waals surface area contributed by atoms with Gasteiger partial charge in [0, 0.05) is 43.3 Å². The van der Waals surface area contributed by atoms with E-state index in [9.17, 15) is 9.59 Å². The molecule has 0 atom stereocenters. The minimum absolute atomic E-state index is 0.0208. The van der Waals surface area contributed by atoms with Crippen molar-refractivity contribution >= 4 is 11.8 Å². The number of benzene rings is 2. The van der Waals surface area contributed by atoms with E-state index in [2.05, 4.69) is 10.6 Å². The maximum absolute atomic E-state index is 12.5. The lowest BCUT2D eigenvalue weighted by molar-refractivity contribution is 0.0698. The van der Waals surface area contributed by atoms with Crippen molar-refractivity contribution in [3.05, 3.63) is 70.8 Å². The Labute approximate surface area is 153 Å². The number of nitrogens with zero attached hydrogens (tertiary/aromatic N) is 1. The Bertz CT molecular complexity index is 811. The van der Waals surface area contributed by atoms with Gasteiger partial charge in [0.15, 0.2) is 0 Å². The summed E-state index contributed by atoms with van der Waals surface area (Å²) in [6.07, 6.45) is 1.58. The van der Waals surface area contributed by atoms with Crippen LogP contribution in [0.25, 0.3) is 0 Å². The zero-order valence-corrected chi connectivity index (χ0v) is 14.7. The van der Waals surface area contributed by atoms with Crippen molar-refractivity contribution < 1.29 is 9.59 Å². The fourth-order valence-electron chi connectivity index (χ4n) is 3.69. The van der Waals surface area contributed by atoms with Gasteiger partial charge in [-0.2, -0.15) is 0 Å². The number of likely N-dealkylation sites (tertiary alicyclic amines) is 1. The maximum atomic E-state index is 12.5. The van der Waals surface area contributed by atoms with Crippen LogP contribution in [0.15, 0.2) is 48.5 Å². The van der Waals surface area contributed by atoms with Crippen LogP contribution in [0.4, 0.5) is 0 Å². The smallest absolute Gasteiger partial charge is 0.253 e. The SMILES string of the molecule is O=C(NC1CCN(C(=O)c2ccccc2)CC1)c1ccc2c(c1)CNC2. The summed E-state index contributed by atoms with van der Waals surface area (Å²) < 4.78 is 0. The van der Waals surface area contributed by atoms with Gasteiger partial charge < -0.3 is 15.5 Å². The molecule has 2 aliphatic rings. The van der Waals surface area contributed by atoms with Gasteiger partial charge in [-0.3, -0.25) is 9.59 Å². The van der Waals surface area contributed by atoms with Crippen molar-refractivity contribution in [1.82, 2.24) is 15.5 Å². The summed E-state index contributed by atoms with van der Waals surface area (Å²) in [6.45, 7) is 3.06. The lowest BCUT2D eigenvalue weighted by atomic mass is 10.0. The van der Waals surface area contributed by atoms with Gasteiger partial charge in [0.05, 0.1) is 0 Å². The first-order chi connectivity index (χ1) is 12.7. The third kappa shape index (κ3) is 3.48. The minimum Gasteiger partial charge on any atom is -0.349 e. The molecule has 5 nitrogen and oxygen atoms in total. The van der Waals surface area contributed by atoms with Crippen molar-refractivity contribution in [2.75, 3.05) is 13.1 Å². The first-order valence-corrected chi connectivity index (χ1v) is 9.18. The highest BCUT2D eigenvalue weighted by molar-refractivity contribution is 5.95. The Hall–Kier alpha value is -2.66. The van der Waals surface area contributed by atoms with Gasteiger partial charge >= 0.3 is 0 Å². The Balaban J connectivity index is 1.32. The van der Waals surface area contributed by atoms with Gasteiger partial charge in [0.25, 0.3) is 11.8 Å². The fourth-order valence-corrected chi connectivity index (χ4v) is 3.69. The zero-order valence-electron chi connectivity index (χ0n) is 14.7. The molecule has 2 heterocycles. The Morgan fingerprint density at radius 2 is 1.65 bits per heavy atom. The van der Waals surface area contributed by atoms with E-state index in [0.29, 0.717) is 13.1 Å². The van der Waals surface area contributed by atoms with Crippen LogP contribution < -0.4 is 10.6 Å². The molecule has 0 saturated carbocycles. The van der Waals surface area contributed by atoms with Crippen LogP contribution in [-0.4, -0.2) is 35.8 Å². The quantitative estimate of drug-likeness (QED) is 0.894. The summed E-state index contributed by atoms with van der Waals surface area (Å²) in [5.74, 6) is 0.0500. The Kier molecular flexibility index (Phi) is 4.71. The number of amides is 2. The Morgan fingerprint density at radius 3 is 2.42 bits per heavy atom. The maximum Gasteiger partial charge on any atom is 0.253 e. The highest BCUT2D eigenvalue weighted by atomic mass is 16.2. The number of nitrogens with one attached hydrogen (secondary N) is 2. The van der Waals surface area contributed by atoms with E-state index in [1.165, 1.54) is 11.1 Å². The van der Waals surface area contributed by atoms with Gasteiger partial charge in [0.2, 0.25) is 0 Å². The number of carbonyl (C=O) groups excluding carboxylic acids is 2. The second-order valence-corrected chi connectivity index (χ2v) is 6.99. The van der Waals surface area contributed by atoms with Gasteiger partial charge in [-0.15, -0.1) is 0 Å². The van der Waals surface area contributed by atoms with E-state index in [0.717, 1.165) is 37.1 Å². The molecule has 0 aliphatic carbocycles. The molecular formula is C21H23N3O2. The van der Waals surface area contributed by atoms with E-state index in [1.54, 1.807) is 0 Å². The molecule has 2 aromatic rings. The number of rotatable bonds is 3. The van der Waals surface area contributed by atoms with Crippen LogP contribution >= 0.6 is 0 Å². The van der Waals surface area contributed by atoms with Crippen molar-refractivity contribution in [3.63, 3.8) is 0 Å². The number of fused-ring (bicyclic) bond motifs is 1. The molecule has 2 aromatic carbocycles. The van der Waals surface area contributed by atoms with E-state index in [4.69, 9.17) is 0 Å². The predicted octanol–water partition coefficient (Wildman–Crippen LogP) is 2.32. The summed E-state index contributed by atoms with van der Waals surface area (Å²) in [7, 11) is 0. The molecule has 0 unspecified atom stereocenters. The summed E-state index contributed by atoms with van der Waals surface area (Å²) in [4.78, 5) is 26.9. The van der Waals surface area contributed by atoms with Crippen LogP contribution in [0.5, 0.6) is 0 Å². The summed E-state index contributed by atoms with van der Waals surface area (Å²) in [5, 5.41) is 6.42. The van der Waals surface area contributed by atoms with Crippen molar-refractivity contribution in [2.45, 2.75) is 32.0 Å². The average Bonchev–Trinajstić information content (AvgIpc) is 3.16.